The largest absolute Gasteiger partial charge is 0.484 e. The normalized spacial score (nSPS) is 21.6. The number of fused-ring (bicyclic) bond motifs is 1. The number of carbonyl (C=O) groups is 2. The van der Waals surface area contributed by atoms with Crippen LogP contribution in [0, 0.1) is 11.3 Å². The van der Waals surface area contributed by atoms with Crippen LogP contribution in [0.5, 0.6) is 5.75 Å². The molecule has 2 aliphatic heterocycles. The number of para-hydroxylation sites is 1. The molecule has 1 fully saturated rings. The number of amides is 1. The first-order chi connectivity index (χ1) is 12.1. The van der Waals surface area contributed by atoms with Gasteiger partial charge in [0.25, 0.3) is 5.91 Å². The third-order valence-corrected chi connectivity index (χ3v) is 4.86. The summed E-state index contributed by atoms with van der Waals surface area (Å²) >= 11 is 0. The summed E-state index contributed by atoms with van der Waals surface area (Å²) < 4.78 is 6.15. The maximum atomic E-state index is 12.7. The smallest absolute Gasteiger partial charge is 0.253 e. The standard InChI is InChI=1S/C20H16N2O3/c21-12-14-5-7-15(8-6-14)19(24)22-10-9-20(13-22)11-17(23)16-3-1-2-4-18(16)25-20/h1-8H,9-11,13H2. The van der Waals surface area contributed by atoms with Crippen molar-refractivity contribution < 1.29 is 14.3 Å². The Hall–Kier alpha value is -3.13. The fraction of sp³-hybridized carbons (Fsp3) is 0.250. The lowest BCUT2D eigenvalue weighted by molar-refractivity contribution is 0.0428. The van der Waals surface area contributed by atoms with E-state index in [2.05, 4.69) is 0 Å². The minimum Gasteiger partial charge on any atom is -0.484 e. The van der Waals surface area contributed by atoms with Crippen molar-refractivity contribution in [2.45, 2.75) is 18.4 Å². The summed E-state index contributed by atoms with van der Waals surface area (Å²) in [5.74, 6) is 0.567. The molecule has 2 heterocycles. The first kappa shape index (κ1) is 15.4. The molecule has 2 aromatic rings. The van der Waals surface area contributed by atoms with Crippen molar-refractivity contribution in [3.8, 4) is 11.8 Å². The van der Waals surface area contributed by atoms with Gasteiger partial charge in [0.15, 0.2) is 5.78 Å². The van der Waals surface area contributed by atoms with Gasteiger partial charge in [-0.2, -0.15) is 5.26 Å². The summed E-state index contributed by atoms with van der Waals surface area (Å²) in [5, 5.41) is 8.86. The number of likely N-dealkylation sites (tertiary alicyclic amines) is 1. The number of hydrogen-bond donors (Lipinski definition) is 0. The fourth-order valence-electron chi connectivity index (χ4n) is 3.56. The Morgan fingerprint density at radius 3 is 2.68 bits per heavy atom. The SMILES string of the molecule is N#Cc1ccc(C(=O)N2CCC3(CC(=O)c4ccccc4O3)C2)cc1. The molecule has 0 saturated carbocycles. The molecule has 0 aromatic heterocycles. The number of benzene rings is 2. The lowest BCUT2D eigenvalue weighted by Gasteiger charge is -2.34. The van der Waals surface area contributed by atoms with Crippen LogP contribution in [0.1, 0.15) is 39.1 Å². The Morgan fingerprint density at radius 1 is 1.16 bits per heavy atom. The van der Waals surface area contributed by atoms with Crippen molar-refractivity contribution in [1.82, 2.24) is 4.90 Å². The van der Waals surface area contributed by atoms with E-state index in [4.69, 9.17) is 10.00 Å². The van der Waals surface area contributed by atoms with Crippen molar-refractivity contribution in [3.63, 3.8) is 0 Å². The number of ketones is 1. The van der Waals surface area contributed by atoms with Gasteiger partial charge in [0.05, 0.1) is 30.2 Å². The van der Waals surface area contributed by atoms with Gasteiger partial charge < -0.3 is 9.64 Å². The third kappa shape index (κ3) is 2.66. The number of carbonyl (C=O) groups excluding carboxylic acids is 2. The van der Waals surface area contributed by atoms with Gasteiger partial charge in [0, 0.05) is 18.5 Å². The summed E-state index contributed by atoms with van der Waals surface area (Å²) in [6.07, 6.45) is 0.927. The van der Waals surface area contributed by atoms with Crippen molar-refractivity contribution in [2.75, 3.05) is 13.1 Å². The predicted octanol–water partition coefficient (Wildman–Crippen LogP) is 2.81. The number of nitriles is 1. The molecule has 0 bridgehead atoms. The number of Topliss-reactive ketones (excluding diaryl/α,β-unsaturated/α-hetero) is 1. The molecule has 5 heteroatoms. The van der Waals surface area contributed by atoms with Crippen LogP contribution in [0.15, 0.2) is 48.5 Å². The Kier molecular flexibility index (Phi) is 3.54. The monoisotopic (exact) mass is 332 g/mol. The Labute approximate surface area is 145 Å². The summed E-state index contributed by atoms with van der Waals surface area (Å²) in [6.45, 7) is 0.945. The summed E-state index contributed by atoms with van der Waals surface area (Å²) in [6, 6.07) is 15.9. The number of nitrogens with zero attached hydrogens (tertiary/aromatic N) is 2. The topological polar surface area (TPSA) is 70.4 Å². The van der Waals surface area contributed by atoms with Crippen LogP contribution >= 0.6 is 0 Å². The highest BCUT2D eigenvalue weighted by atomic mass is 16.5. The van der Waals surface area contributed by atoms with E-state index >= 15 is 0 Å². The molecule has 5 nitrogen and oxygen atoms in total. The highest BCUT2D eigenvalue weighted by Crippen LogP contribution is 2.38. The van der Waals surface area contributed by atoms with E-state index in [9.17, 15) is 9.59 Å². The fourth-order valence-corrected chi connectivity index (χ4v) is 3.56. The minimum atomic E-state index is -0.631. The van der Waals surface area contributed by atoms with Gasteiger partial charge in [-0.25, -0.2) is 0 Å². The predicted molar refractivity (Wildman–Crippen MR) is 90.4 cm³/mol. The summed E-state index contributed by atoms with van der Waals surface area (Å²) in [4.78, 5) is 26.9. The van der Waals surface area contributed by atoms with Crippen LogP contribution in [-0.4, -0.2) is 35.3 Å². The minimum absolute atomic E-state index is 0.0644. The van der Waals surface area contributed by atoms with E-state index in [0.717, 1.165) is 0 Å². The lowest BCUT2D eigenvalue weighted by atomic mass is 9.89. The zero-order valence-electron chi connectivity index (χ0n) is 13.6. The van der Waals surface area contributed by atoms with Gasteiger partial charge in [-0.15, -0.1) is 0 Å². The quantitative estimate of drug-likeness (QED) is 0.805. The van der Waals surface area contributed by atoms with Gasteiger partial charge in [0.1, 0.15) is 11.4 Å². The zero-order valence-corrected chi connectivity index (χ0v) is 13.6. The van der Waals surface area contributed by atoms with Gasteiger partial charge >= 0.3 is 0 Å². The van der Waals surface area contributed by atoms with Gasteiger partial charge in [-0.05, 0) is 36.4 Å². The molecule has 1 amide bonds. The lowest BCUT2D eigenvalue weighted by Crippen LogP contribution is -2.45. The molecular formula is C20H16N2O3. The molecule has 4 rings (SSSR count). The summed E-state index contributed by atoms with van der Waals surface area (Å²) in [7, 11) is 0. The van der Waals surface area contributed by atoms with E-state index in [1.807, 2.05) is 18.2 Å². The molecule has 2 aromatic carbocycles. The molecule has 0 aliphatic carbocycles. The molecule has 124 valence electrons. The molecular weight excluding hydrogens is 316 g/mol. The molecule has 2 aliphatic rings. The van der Waals surface area contributed by atoms with Crippen LogP contribution < -0.4 is 4.74 Å². The maximum Gasteiger partial charge on any atom is 0.253 e. The van der Waals surface area contributed by atoms with E-state index in [-0.39, 0.29) is 11.7 Å². The maximum absolute atomic E-state index is 12.7. The molecule has 0 radical (unpaired) electrons. The van der Waals surface area contributed by atoms with Crippen LogP contribution in [0.2, 0.25) is 0 Å². The van der Waals surface area contributed by atoms with Crippen molar-refractivity contribution in [2.24, 2.45) is 0 Å². The number of hydrogen-bond acceptors (Lipinski definition) is 4. The van der Waals surface area contributed by atoms with Gasteiger partial charge in [0.2, 0.25) is 0 Å². The Bertz CT molecular complexity index is 898. The first-order valence-corrected chi connectivity index (χ1v) is 8.21. The molecule has 1 spiro atoms. The number of rotatable bonds is 1. The summed E-state index contributed by atoms with van der Waals surface area (Å²) in [5.41, 5.74) is 1.05. The average Bonchev–Trinajstić information content (AvgIpc) is 3.04. The second kappa shape index (κ2) is 5.75. The van der Waals surface area contributed by atoms with Crippen LogP contribution in [0.3, 0.4) is 0 Å². The van der Waals surface area contributed by atoms with Crippen LogP contribution in [0.25, 0.3) is 0 Å². The Balaban J connectivity index is 1.54. The van der Waals surface area contributed by atoms with Gasteiger partial charge in [-0.3, -0.25) is 9.59 Å². The van der Waals surface area contributed by atoms with Crippen molar-refractivity contribution in [3.05, 3.63) is 65.2 Å². The van der Waals surface area contributed by atoms with Crippen LogP contribution in [0.4, 0.5) is 0 Å². The number of ether oxygens (including phenoxy) is 1. The molecule has 1 unspecified atom stereocenters. The van der Waals surface area contributed by atoms with E-state index in [1.54, 1.807) is 41.3 Å². The first-order valence-electron chi connectivity index (χ1n) is 8.21. The van der Waals surface area contributed by atoms with E-state index in [0.29, 0.717) is 48.4 Å². The average molecular weight is 332 g/mol. The van der Waals surface area contributed by atoms with Crippen molar-refractivity contribution >= 4 is 11.7 Å². The van der Waals surface area contributed by atoms with E-state index < -0.39 is 5.60 Å². The molecule has 25 heavy (non-hydrogen) atoms. The van der Waals surface area contributed by atoms with Crippen molar-refractivity contribution in [1.29, 1.82) is 5.26 Å². The molecule has 0 N–H and O–H groups in total. The second-order valence-electron chi connectivity index (χ2n) is 6.55. The van der Waals surface area contributed by atoms with Gasteiger partial charge in [-0.1, -0.05) is 12.1 Å². The highest BCUT2D eigenvalue weighted by molar-refractivity contribution is 6.00. The molecule has 1 atom stereocenters. The second-order valence-corrected chi connectivity index (χ2v) is 6.55. The van der Waals surface area contributed by atoms with E-state index in [1.165, 1.54) is 0 Å². The Morgan fingerprint density at radius 2 is 1.92 bits per heavy atom. The zero-order chi connectivity index (χ0) is 17.4. The highest BCUT2D eigenvalue weighted by Gasteiger charge is 2.46. The van der Waals surface area contributed by atoms with Crippen LogP contribution in [-0.2, 0) is 0 Å². The molecule has 1 saturated heterocycles. The third-order valence-electron chi connectivity index (χ3n) is 4.86.